The van der Waals surface area contributed by atoms with E-state index in [1.54, 1.807) is 12.1 Å². The van der Waals surface area contributed by atoms with Gasteiger partial charge >= 0.3 is 0 Å². The second kappa shape index (κ2) is 5.15. The fraction of sp³-hybridized carbons (Fsp3) is 0.0714. The Hall–Kier alpha value is -2.31. The van der Waals surface area contributed by atoms with Crippen LogP contribution in [0, 0.1) is 11.3 Å². The highest BCUT2D eigenvalue weighted by molar-refractivity contribution is 5.47. The van der Waals surface area contributed by atoms with Crippen LogP contribution in [-0.4, -0.2) is 0 Å². The average molecular weight is 224 g/mol. The van der Waals surface area contributed by atoms with Gasteiger partial charge in [0.1, 0.15) is 17.6 Å². The number of para-hydroxylation sites is 1. The summed E-state index contributed by atoms with van der Waals surface area (Å²) >= 11 is 0. The first-order valence-electron chi connectivity index (χ1n) is 5.29. The summed E-state index contributed by atoms with van der Waals surface area (Å²) in [5.74, 6) is 1.26. The first kappa shape index (κ1) is 11.2. The van der Waals surface area contributed by atoms with Crippen molar-refractivity contribution in [3.8, 4) is 17.6 Å². The van der Waals surface area contributed by atoms with E-state index in [-0.39, 0.29) is 0 Å². The Morgan fingerprint density at radius 3 is 2.53 bits per heavy atom. The largest absolute Gasteiger partial charge is 0.456 e. The molecule has 0 aliphatic heterocycles. The standard InChI is InChI=1S/C14H12N2O/c15-9-11-6-7-14(12(8-11)10-16)17-13-4-2-1-3-5-13/h1-8H,9,15H2. The van der Waals surface area contributed by atoms with Crippen molar-refractivity contribution in [2.45, 2.75) is 6.54 Å². The van der Waals surface area contributed by atoms with Crippen molar-refractivity contribution in [2.24, 2.45) is 5.73 Å². The van der Waals surface area contributed by atoms with E-state index in [2.05, 4.69) is 6.07 Å². The van der Waals surface area contributed by atoms with Gasteiger partial charge in [0.2, 0.25) is 0 Å². The smallest absolute Gasteiger partial charge is 0.145 e. The predicted octanol–water partition coefficient (Wildman–Crippen LogP) is 2.81. The summed E-state index contributed by atoms with van der Waals surface area (Å²) in [4.78, 5) is 0. The molecule has 0 aliphatic carbocycles. The van der Waals surface area contributed by atoms with Crippen LogP contribution in [0.15, 0.2) is 48.5 Å². The number of hydrogen-bond donors (Lipinski definition) is 1. The normalized spacial score (nSPS) is 9.65. The fourth-order valence-electron chi connectivity index (χ4n) is 1.50. The Morgan fingerprint density at radius 2 is 1.88 bits per heavy atom. The minimum absolute atomic E-state index is 0.417. The van der Waals surface area contributed by atoms with E-state index < -0.39 is 0 Å². The van der Waals surface area contributed by atoms with Crippen molar-refractivity contribution in [3.63, 3.8) is 0 Å². The molecule has 0 unspecified atom stereocenters. The number of benzene rings is 2. The van der Waals surface area contributed by atoms with Gasteiger partial charge in [-0.05, 0) is 29.8 Å². The molecule has 3 heteroatoms. The zero-order valence-electron chi connectivity index (χ0n) is 9.26. The molecular weight excluding hydrogens is 212 g/mol. The molecule has 0 bridgehead atoms. The minimum atomic E-state index is 0.417. The Bertz CT molecular complexity index is 544. The molecule has 0 heterocycles. The van der Waals surface area contributed by atoms with Gasteiger partial charge in [-0.15, -0.1) is 0 Å². The second-order valence-electron chi connectivity index (χ2n) is 3.56. The molecule has 0 saturated heterocycles. The molecule has 0 amide bonds. The van der Waals surface area contributed by atoms with Crippen LogP contribution in [0.5, 0.6) is 11.5 Å². The van der Waals surface area contributed by atoms with E-state index >= 15 is 0 Å². The maximum atomic E-state index is 9.05. The number of nitrogens with two attached hydrogens (primary N) is 1. The molecule has 0 atom stereocenters. The summed E-state index contributed by atoms with van der Waals surface area (Å²) in [6, 6.07) is 16.9. The summed E-state index contributed by atoms with van der Waals surface area (Å²) in [7, 11) is 0. The maximum absolute atomic E-state index is 9.05. The average Bonchev–Trinajstić information content (AvgIpc) is 2.40. The summed E-state index contributed by atoms with van der Waals surface area (Å²) in [6.45, 7) is 0.417. The van der Waals surface area contributed by atoms with Crippen molar-refractivity contribution in [2.75, 3.05) is 0 Å². The molecular formula is C14H12N2O. The number of hydrogen-bond acceptors (Lipinski definition) is 3. The predicted molar refractivity (Wildman–Crippen MR) is 65.6 cm³/mol. The zero-order chi connectivity index (χ0) is 12.1. The van der Waals surface area contributed by atoms with Gasteiger partial charge in [0.25, 0.3) is 0 Å². The molecule has 0 radical (unpaired) electrons. The highest BCUT2D eigenvalue weighted by atomic mass is 16.5. The molecule has 2 aromatic rings. The molecule has 0 spiro atoms. The van der Waals surface area contributed by atoms with Crippen LogP contribution >= 0.6 is 0 Å². The van der Waals surface area contributed by atoms with Gasteiger partial charge in [-0.25, -0.2) is 0 Å². The second-order valence-corrected chi connectivity index (χ2v) is 3.56. The summed E-state index contributed by atoms with van der Waals surface area (Å²) in [5, 5.41) is 9.05. The highest BCUT2D eigenvalue weighted by Crippen LogP contribution is 2.25. The van der Waals surface area contributed by atoms with E-state index in [9.17, 15) is 0 Å². The van der Waals surface area contributed by atoms with Crippen LogP contribution < -0.4 is 10.5 Å². The van der Waals surface area contributed by atoms with Crippen molar-refractivity contribution in [1.29, 1.82) is 5.26 Å². The first-order chi connectivity index (χ1) is 8.33. The van der Waals surface area contributed by atoms with Crippen LogP contribution in [-0.2, 0) is 6.54 Å². The van der Waals surface area contributed by atoms with E-state index in [1.165, 1.54) is 0 Å². The van der Waals surface area contributed by atoms with Gasteiger partial charge in [-0.3, -0.25) is 0 Å². The molecule has 0 aromatic heterocycles. The molecule has 2 aromatic carbocycles. The Morgan fingerprint density at radius 1 is 1.12 bits per heavy atom. The number of nitriles is 1. The SMILES string of the molecule is N#Cc1cc(CN)ccc1Oc1ccccc1. The molecule has 0 fully saturated rings. The lowest BCUT2D eigenvalue weighted by Gasteiger charge is -2.08. The van der Waals surface area contributed by atoms with Crippen LogP contribution in [0.2, 0.25) is 0 Å². The van der Waals surface area contributed by atoms with Gasteiger partial charge < -0.3 is 10.5 Å². The summed E-state index contributed by atoms with van der Waals surface area (Å²) in [6.07, 6.45) is 0. The first-order valence-corrected chi connectivity index (χ1v) is 5.29. The lowest BCUT2D eigenvalue weighted by atomic mass is 10.1. The topological polar surface area (TPSA) is 59.0 Å². The van der Waals surface area contributed by atoms with Crippen molar-refractivity contribution < 1.29 is 4.74 Å². The maximum Gasteiger partial charge on any atom is 0.145 e. The number of ether oxygens (including phenoxy) is 1. The molecule has 3 nitrogen and oxygen atoms in total. The van der Waals surface area contributed by atoms with Crippen molar-refractivity contribution >= 4 is 0 Å². The minimum Gasteiger partial charge on any atom is -0.456 e. The van der Waals surface area contributed by atoms with Crippen molar-refractivity contribution in [1.82, 2.24) is 0 Å². The van der Waals surface area contributed by atoms with Gasteiger partial charge in [-0.2, -0.15) is 5.26 Å². The Kier molecular flexibility index (Phi) is 3.39. The van der Waals surface area contributed by atoms with Gasteiger partial charge in [0.15, 0.2) is 0 Å². The number of rotatable bonds is 3. The molecule has 2 N–H and O–H groups in total. The third-order valence-corrected chi connectivity index (χ3v) is 2.37. The van der Waals surface area contributed by atoms with Crippen LogP contribution in [0.4, 0.5) is 0 Å². The van der Waals surface area contributed by atoms with Gasteiger partial charge in [0, 0.05) is 6.54 Å². The molecule has 84 valence electrons. The van der Waals surface area contributed by atoms with Crippen LogP contribution in [0.25, 0.3) is 0 Å². The fourth-order valence-corrected chi connectivity index (χ4v) is 1.50. The number of nitrogens with zero attached hydrogens (tertiary/aromatic N) is 1. The lowest BCUT2D eigenvalue weighted by molar-refractivity contribution is 0.481. The third-order valence-electron chi connectivity index (χ3n) is 2.37. The highest BCUT2D eigenvalue weighted by Gasteiger charge is 2.05. The Labute approximate surface area is 100 Å². The quantitative estimate of drug-likeness (QED) is 0.872. The van der Waals surface area contributed by atoms with Gasteiger partial charge in [0.05, 0.1) is 5.56 Å². The summed E-state index contributed by atoms with van der Waals surface area (Å²) in [5.41, 5.74) is 6.94. The molecule has 2 rings (SSSR count). The molecule has 0 aliphatic rings. The van der Waals surface area contributed by atoms with E-state index in [4.69, 9.17) is 15.7 Å². The zero-order valence-corrected chi connectivity index (χ0v) is 9.26. The molecule has 17 heavy (non-hydrogen) atoms. The monoisotopic (exact) mass is 224 g/mol. The lowest BCUT2D eigenvalue weighted by Crippen LogP contribution is -1.97. The van der Waals surface area contributed by atoms with E-state index in [0.29, 0.717) is 23.6 Å². The third kappa shape index (κ3) is 2.63. The van der Waals surface area contributed by atoms with Crippen molar-refractivity contribution in [3.05, 3.63) is 59.7 Å². The van der Waals surface area contributed by atoms with Crippen LogP contribution in [0.3, 0.4) is 0 Å². The van der Waals surface area contributed by atoms with Gasteiger partial charge in [-0.1, -0.05) is 24.3 Å². The molecule has 0 saturated carbocycles. The van der Waals surface area contributed by atoms with Crippen LogP contribution in [0.1, 0.15) is 11.1 Å². The summed E-state index contributed by atoms with van der Waals surface area (Å²) < 4.78 is 5.64. The van der Waals surface area contributed by atoms with E-state index in [1.807, 2.05) is 36.4 Å². The van der Waals surface area contributed by atoms with E-state index in [0.717, 1.165) is 5.56 Å². The Balaban J connectivity index is 2.31.